The summed E-state index contributed by atoms with van der Waals surface area (Å²) in [5.74, 6) is -2.57. The summed E-state index contributed by atoms with van der Waals surface area (Å²) in [7, 11) is -4.44. The lowest BCUT2D eigenvalue weighted by Gasteiger charge is -2.15. The molecule has 2 aromatic carbocycles. The second kappa shape index (κ2) is 7.42. The molecule has 1 aliphatic rings. The number of hydrogen-bond acceptors (Lipinski definition) is 3. The van der Waals surface area contributed by atoms with E-state index in [1.54, 1.807) is 6.07 Å². The number of allylic oxidation sites excluding steroid dienone is 2. The number of nitrogens with two attached hydrogens (primary N) is 1. The Bertz CT molecular complexity index is 1110. The summed E-state index contributed by atoms with van der Waals surface area (Å²) in [5.41, 5.74) is 1.43. The monoisotopic (exact) mass is 433 g/mol. The molecule has 0 heterocycles. The zero-order valence-electron chi connectivity index (χ0n) is 15.1. The molecule has 0 saturated heterocycles. The second-order valence-electron chi connectivity index (χ2n) is 6.65. The standard InChI is InChI=1S/C19H16F5NO3S/c1-10-5-6-11(7-17(10)28-19(22,23)24)12-3-2-4-13(12)14-8-16(21)18(9-15(14)20)29(25,26)27/h5-9H,2-4H2,1H3,(H2,25,26,27). The first kappa shape index (κ1) is 21.3. The van der Waals surface area contributed by atoms with Crippen LogP contribution in [0.5, 0.6) is 5.75 Å². The largest absolute Gasteiger partial charge is 0.573 e. The van der Waals surface area contributed by atoms with Crippen LogP contribution in [0.4, 0.5) is 22.0 Å². The normalized spacial score (nSPS) is 15.1. The van der Waals surface area contributed by atoms with Crippen molar-refractivity contribution in [3.05, 3.63) is 58.7 Å². The molecule has 0 atom stereocenters. The molecule has 0 unspecified atom stereocenters. The first-order chi connectivity index (χ1) is 13.4. The van der Waals surface area contributed by atoms with Gasteiger partial charge in [0.25, 0.3) is 0 Å². The molecule has 10 heteroatoms. The maximum Gasteiger partial charge on any atom is 0.573 e. The van der Waals surface area contributed by atoms with Gasteiger partial charge in [-0.1, -0.05) is 12.1 Å². The molecule has 4 nitrogen and oxygen atoms in total. The van der Waals surface area contributed by atoms with Gasteiger partial charge in [-0.3, -0.25) is 0 Å². The number of ether oxygens (including phenoxy) is 1. The van der Waals surface area contributed by atoms with Crippen LogP contribution >= 0.6 is 0 Å². The van der Waals surface area contributed by atoms with Gasteiger partial charge >= 0.3 is 6.36 Å². The van der Waals surface area contributed by atoms with Crippen LogP contribution in [0.1, 0.15) is 36.0 Å². The molecule has 0 radical (unpaired) electrons. The molecule has 0 fully saturated rings. The Labute approximate surface area is 163 Å². The van der Waals surface area contributed by atoms with Crippen LogP contribution in [0.25, 0.3) is 11.1 Å². The summed E-state index contributed by atoms with van der Waals surface area (Å²) < 4.78 is 93.4. The Morgan fingerprint density at radius 1 is 1.00 bits per heavy atom. The first-order valence-corrected chi connectivity index (χ1v) is 10.0. The van der Waals surface area contributed by atoms with Crippen LogP contribution in [0, 0.1) is 18.6 Å². The van der Waals surface area contributed by atoms with Crippen LogP contribution in [0.2, 0.25) is 0 Å². The molecule has 1 aliphatic carbocycles. The molecular weight excluding hydrogens is 417 g/mol. The van der Waals surface area contributed by atoms with Gasteiger partial charge in [0.2, 0.25) is 10.0 Å². The molecule has 3 rings (SSSR count). The van der Waals surface area contributed by atoms with E-state index < -0.39 is 32.9 Å². The Kier molecular flexibility index (Phi) is 5.44. The number of alkyl halides is 3. The summed E-state index contributed by atoms with van der Waals surface area (Å²) in [6.45, 7) is 1.45. The number of aryl methyl sites for hydroxylation is 1. The highest BCUT2D eigenvalue weighted by Gasteiger charge is 2.32. The van der Waals surface area contributed by atoms with Crippen molar-refractivity contribution in [3.63, 3.8) is 0 Å². The third-order valence-electron chi connectivity index (χ3n) is 4.63. The maximum atomic E-state index is 14.6. The number of primary sulfonamides is 1. The number of benzene rings is 2. The Morgan fingerprint density at radius 2 is 1.66 bits per heavy atom. The maximum absolute atomic E-state index is 14.6. The fraction of sp³-hybridized carbons (Fsp3) is 0.263. The van der Waals surface area contributed by atoms with Gasteiger partial charge in [0.1, 0.15) is 22.3 Å². The zero-order chi connectivity index (χ0) is 21.6. The molecule has 2 N–H and O–H groups in total. The molecule has 0 spiro atoms. The van der Waals surface area contributed by atoms with Gasteiger partial charge < -0.3 is 4.74 Å². The molecule has 0 amide bonds. The fourth-order valence-electron chi connectivity index (χ4n) is 3.36. The van der Waals surface area contributed by atoms with E-state index >= 15 is 0 Å². The highest BCUT2D eigenvalue weighted by atomic mass is 32.2. The predicted molar refractivity (Wildman–Crippen MR) is 96.3 cm³/mol. The summed E-state index contributed by atoms with van der Waals surface area (Å²) in [6, 6.07) is 5.48. The van der Waals surface area contributed by atoms with E-state index in [1.165, 1.54) is 19.1 Å². The van der Waals surface area contributed by atoms with Gasteiger partial charge in [0.15, 0.2) is 0 Å². The van der Waals surface area contributed by atoms with E-state index in [9.17, 15) is 30.4 Å². The summed E-state index contributed by atoms with van der Waals surface area (Å²) in [6.07, 6.45) is -3.51. The van der Waals surface area contributed by atoms with Gasteiger partial charge in [-0.05, 0) is 66.7 Å². The quantitative estimate of drug-likeness (QED) is 0.697. The van der Waals surface area contributed by atoms with Crippen molar-refractivity contribution in [2.24, 2.45) is 5.14 Å². The van der Waals surface area contributed by atoms with Crippen molar-refractivity contribution < 1.29 is 35.1 Å². The predicted octanol–water partition coefficient (Wildman–Crippen LogP) is 4.91. The Balaban J connectivity index is 2.12. The van der Waals surface area contributed by atoms with E-state index in [1.807, 2.05) is 0 Å². The molecule has 2 aromatic rings. The van der Waals surface area contributed by atoms with Crippen molar-refractivity contribution in [2.45, 2.75) is 37.4 Å². The molecule has 0 bridgehead atoms. The van der Waals surface area contributed by atoms with Gasteiger partial charge in [-0.2, -0.15) is 0 Å². The highest BCUT2D eigenvalue weighted by molar-refractivity contribution is 7.89. The number of hydrogen-bond donors (Lipinski definition) is 1. The smallest absolute Gasteiger partial charge is 0.405 e. The van der Waals surface area contributed by atoms with E-state index in [4.69, 9.17) is 5.14 Å². The third-order valence-corrected chi connectivity index (χ3v) is 5.56. The lowest BCUT2D eigenvalue weighted by Crippen LogP contribution is -2.17. The minimum Gasteiger partial charge on any atom is -0.405 e. The van der Waals surface area contributed by atoms with Crippen molar-refractivity contribution in [3.8, 4) is 5.75 Å². The second-order valence-corrected chi connectivity index (χ2v) is 8.18. The van der Waals surface area contributed by atoms with Crippen molar-refractivity contribution >= 4 is 21.2 Å². The molecule has 0 saturated carbocycles. The average molecular weight is 433 g/mol. The zero-order valence-corrected chi connectivity index (χ0v) is 15.9. The average Bonchev–Trinajstić information content (AvgIpc) is 3.05. The Hall–Kier alpha value is -2.46. The van der Waals surface area contributed by atoms with Gasteiger partial charge in [0, 0.05) is 5.56 Å². The first-order valence-electron chi connectivity index (χ1n) is 8.48. The third kappa shape index (κ3) is 4.59. The van der Waals surface area contributed by atoms with Gasteiger partial charge in [-0.15, -0.1) is 13.2 Å². The molecule has 0 aromatic heterocycles. The highest BCUT2D eigenvalue weighted by Crippen LogP contribution is 2.42. The fourth-order valence-corrected chi connectivity index (χ4v) is 3.96. The van der Waals surface area contributed by atoms with E-state index in [0.29, 0.717) is 42.0 Å². The number of sulfonamides is 1. The van der Waals surface area contributed by atoms with Crippen LogP contribution in [0.15, 0.2) is 35.2 Å². The van der Waals surface area contributed by atoms with Crippen LogP contribution in [-0.2, 0) is 10.0 Å². The Morgan fingerprint density at radius 3 is 2.28 bits per heavy atom. The topological polar surface area (TPSA) is 69.4 Å². The van der Waals surface area contributed by atoms with Crippen LogP contribution in [-0.4, -0.2) is 14.8 Å². The minimum atomic E-state index is -4.87. The minimum absolute atomic E-state index is 0.152. The van der Waals surface area contributed by atoms with Gasteiger partial charge in [0.05, 0.1) is 0 Å². The van der Waals surface area contributed by atoms with E-state index in [-0.39, 0.29) is 16.9 Å². The number of rotatable bonds is 4. The lowest BCUT2D eigenvalue weighted by molar-refractivity contribution is -0.274. The molecule has 0 aliphatic heterocycles. The lowest BCUT2D eigenvalue weighted by atomic mass is 9.95. The summed E-state index contributed by atoms with van der Waals surface area (Å²) in [4.78, 5) is -0.963. The number of halogens is 5. The van der Waals surface area contributed by atoms with Crippen molar-refractivity contribution in [1.82, 2.24) is 0 Å². The van der Waals surface area contributed by atoms with Crippen molar-refractivity contribution in [1.29, 1.82) is 0 Å². The van der Waals surface area contributed by atoms with Crippen LogP contribution in [0.3, 0.4) is 0 Å². The van der Waals surface area contributed by atoms with Crippen LogP contribution < -0.4 is 9.88 Å². The van der Waals surface area contributed by atoms with Crippen molar-refractivity contribution in [2.75, 3.05) is 0 Å². The SMILES string of the molecule is Cc1ccc(C2=C(c3cc(F)c(S(N)(=O)=O)cc3F)CCC2)cc1OC(F)(F)F. The molecular formula is C19H16F5NO3S. The van der Waals surface area contributed by atoms with E-state index in [0.717, 1.165) is 6.07 Å². The summed E-state index contributed by atoms with van der Waals surface area (Å²) in [5, 5.41) is 4.88. The van der Waals surface area contributed by atoms with Gasteiger partial charge in [-0.25, -0.2) is 22.3 Å². The molecule has 156 valence electrons. The van der Waals surface area contributed by atoms with E-state index in [2.05, 4.69) is 4.74 Å². The molecule has 29 heavy (non-hydrogen) atoms. The summed E-state index contributed by atoms with van der Waals surface area (Å²) >= 11 is 0.